The van der Waals surface area contributed by atoms with Gasteiger partial charge in [-0.05, 0) is 42.2 Å². The summed E-state index contributed by atoms with van der Waals surface area (Å²) < 4.78 is 35.2. The number of hydrogen-bond donors (Lipinski definition) is 1. The highest BCUT2D eigenvalue weighted by atomic mass is 32.2. The Kier molecular flexibility index (Phi) is 7.66. The standard InChI is InChI=1S/C27H29F2N5O2S/c1-16(2)25-32-27(36-33-25)17-5-7-34(8-6-17)26-22-13-20(28)12-21(24(22)30-15-31-26)18-3-4-19(23(29)11-18)14-37-10-9-35/h3-4,11-13,15-17,35H,5-10,14H2,1-2H3. The summed E-state index contributed by atoms with van der Waals surface area (Å²) in [4.78, 5) is 15.6. The predicted octanol–water partition coefficient (Wildman–Crippen LogP) is 5.69. The van der Waals surface area contributed by atoms with Crippen LogP contribution in [0.4, 0.5) is 14.6 Å². The lowest BCUT2D eigenvalue weighted by Crippen LogP contribution is -2.33. The Morgan fingerprint density at radius 1 is 1.14 bits per heavy atom. The van der Waals surface area contributed by atoms with E-state index in [1.54, 1.807) is 12.1 Å². The van der Waals surface area contributed by atoms with Crippen LogP contribution in [-0.2, 0) is 5.75 Å². The minimum Gasteiger partial charge on any atom is -0.396 e. The quantitative estimate of drug-likeness (QED) is 0.294. The first-order valence-corrected chi connectivity index (χ1v) is 13.6. The third-order valence-corrected chi connectivity index (χ3v) is 7.64. The van der Waals surface area contributed by atoms with Crippen LogP contribution in [0.3, 0.4) is 0 Å². The number of aliphatic hydroxyl groups is 1. The first kappa shape index (κ1) is 25.5. The van der Waals surface area contributed by atoms with Gasteiger partial charge in [-0.2, -0.15) is 16.7 Å². The molecule has 0 aliphatic carbocycles. The molecular weight excluding hydrogens is 496 g/mol. The highest BCUT2D eigenvalue weighted by Crippen LogP contribution is 2.36. The summed E-state index contributed by atoms with van der Waals surface area (Å²) in [5.74, 6) is 2.65. The van der Waals surface area contributed by atoms with E-state index in [9.17, 15) is 8.78 Å². The van der Waals surface area contributed by atoms with Gasteiger partial charge in [-0.25, -0.2) is 18.7 Å². The Bertz CT molecular complexity index is 1390. The van der Waals surface area contributed by atoms with Crippen molar-refractivity contribution in [2.24, 2.45) is 0 Å². The van der Waals surface area contributed by atoms with Gasteiger partial charge in [0.15, 0.2) is 5.82 Å². The molecule has 0 atom stereocenters. The summed E-state index contributed by atoms with van der Waals surface area (Å²) in [6, 6.07) is 7.76. The average molecular weight is 526 g/mol. The first-order valence-electron chi connectivity index (χ1n) is 12.4. The maximum absolute atomic E-state index is 14.8. The number of fused-ring (bicyclic) bond motifs is 1. The van der Waals surface area contributed by atoms with Crippen molar-refractivity contribution >= 4 is 28.5 Å². The summed E-state index contributed by atoms with van der Waals surface area (Å²) in [6.07, 6.45) is 3.11. The van der Waals surface area contributed by atoms with E-state index in [2.05, 4.69) is 25.0 Å². The van der Waals surface area contributed by atoms with Gasteiger partial charge in [-0.3, -0.25) is 0 Å². The Morgan fingerprint density at radius 2 is 1.95 bits per heavy atom. The molecule has 37 heavy (non-hydrogen) atoms. The molecule has 0 spiro atoms. The van der Waals surface area contributed by atoms with Crippen LogP contribution in [0.5, 0.6) is 0 Å². The first-order chi connectivity index (χ1) is 17.9. The second kappa shape index (κ2) is 11.1. The molecule has 3 heterocycles. The lowest BCUT2D eigenvalue weighted by Gasteiger charge is -2.32. The smallest absolute Gasteiger partial charge is 0.229 e. The van der Waals surface area contributed by atoms with Gasteiger partial charge >= 0.3 is 0 Å². The fourth-order valence-electron chi connectivity index (χ4n) is 4.66. The third kappa shape index (κ3) is 5.45. The highest BCUT2D eigenvalue weighted by Gasteiger charge is 2.27. The van der Waals surface area contributed by atoms with Crippen LogP contribution in [-0.4, -0.2) is 50.7 Å². The van der Waals surface area contributed by atoms with Gasteiger partial charge in [-0.1, -0.05) is 31.1 Å². The maximum Gasteiger partial charge on any atom is 0.229 e. The third-order valence-electron chi connectivity index (χ3n) is 6.66. The predicted molar refractivity (Wildman–Crippen MR) is 141 cm³/mol. The van der Waals surface area contributed by atoms with Crippen molar-refractivity contribution in [3.63, 3.8) is 0 Å². The zero-order chi connectivity index (χ0) is 25.9. The van der Waals surface area contributed by atoms with Gasteiger partial charge in [0.2, 0.25) is 5.89 Å². The summed E-state index contributed by atoms with van der Waals surface area (Å²) in [5.41, 5.74) is 2.20. The Labute approximate surface area is 218 Å². The van der Waals surface area contributed by atoms with Gasteiger partial charge in [0.1, 0.15) is 23.8 Å². The largest absolute Gasteiger partial charge is 0.396 e. The second-order valence-electron chi connectivity index (χ2n) is 9.54. The topological polar surface area (TPSA) is 88.2 Å². The van der Waals surface area contributed by atoms with Gasteiger partial charge in [-0.15, -0.1) is 0 Å². The van der Waals surface area contributed by atoms with Crippen LogP contribution in [0.2, 0.25) is 0 Å². The number of nitrogens with zero attached hydrogens (tertiary/aromatic N) is 5. The maximum atomic E-state index is 14.8. The number of hydrogen-bond acceptors (Lipinski definition) is 8. The molecule has 1 fully saturated rings. The molecule has 5 rings (SSSR count). The summed E-state index contributed by atoms with van der Waals surface area (Å²) in [6.45, 7) is 5.53. The van der Waals surface area contributed by atoms with E-state index in [-0.39, 0.29) is 24.3 Å². The van der Waals surface area contributed by atoms with Crippen LogP contribution in [0, 0.1) is 11.6 Å². The molecule has 194 valence electrons. The number of anilines is 1. The van der Waals surface area contributed by atoms with Crippen molar-refractivity contribution in [1.29, 1.82) is 0 Å². The van der Waals surface area contributed by atoms with Crippen molar-refractivity contribution in [2.45, 2.75) is 44.3 Å². The van der Waals surface area contributed by atoms with Crippen LogP contribution in [0.25, 0.3) is 22.0 Å². The molecule has 1 aliphatic rings. The Hall–Kier alpha value is -3.11. The monoisotopic (exact) mass is 525 g/mol. The van der Waals surface area contributed by atoms with E-state index in [0.29, 0.717) is 63.9 Å². The molecule has 2 aromatic heterocycles. The normalized spacial score (nSPS) is 14.7. The zero-order valence-corrected chi connectivity index (χ0v) is 21.6. The van der Waals surface area contributed by atoms with E-state index in [4.69, 9.17) is 9.63 Å². The fraction of sp³-hybridized carbons (Fsp3) is 0.407. The number of aliphatic hydroxyl groups excluding tert-OH is 1. The van der Waals surface area contributed by atoms with Crippen LogP contribution >= 0.6 is 11.8 Å². The molecule has 2 aromatic carbocycles. The number of thioether (sulfide) groups is 1. The van der Waals surface area contributed by atoms with Crippen molar-refractivity contribution in [3.8, 4) is 11.1 Å². The lowest BCUT2D eigenvalue weighted by atomic mass is 9.96. The molecule has 4 aromatic rings. The minimum atomic E-state index is -0.427. The van der Waals surface area contributed by atoms with E-state index >= 15 is 0 Å². The highest BCUT2D eigenvalue weighted by molar-refractivity contribution is 7.98. The number of aromatic nitrogens is 4. The molecule has 7 nitrogen and oxygen atoms in total. The molecule has 0 amide bonds. The molecule has 1 N–H and O–H groups in total. The average Bonchev–Trinajstić information content (AvgIpc) is 3.40. The molecule has 0 bridgehead atoms. The van der Waals surface area contributed by atoms with Gasteiger partial charge in [0.25, 0.3) is 0 Å². The van der Waals surface area contributed by atoms with Crippen molar-refractivity contribution in [1.82, 2.24) is 20.1 Å². The van der Waals surface area contributed by atoms with Crippen LogP contribution < -0.4 is 4.90 Å². The summed E-state index contributed by atoms with van der Waals surface area (Å²) in [5, 5.41) is 13.6. The van der Waals surface area contributed by atoms with Crippen molar-refractivity contribution < 1.29 is 18.4 Å². The number of rotatable bonds is 8. The van der Waals surface area contributed by atoms with E-state index in [0.717, 1.165) is 18.7 Å². The van der Waals surface area contributed by atoms with Crippen LogP contribution in [0.1, 0.15) is 55.8 Å². The molecule has 1 aliphatic heterocycles. The van der Waals surface area contributed by atoms with E-state index in [1.807, 2.05) is 13.8 Å². The van der Waals surface area contributed by atoms with Gasteiger partial charge < -0.3 is 14.5 Å². The van der Waals surface area contributed by atoms with Crippen molar-refractivity contribution in [2.75, 3.05) is 30.3 Å². The molecule has 0 unspecified atom stereocenters. The lowest BCUT2D eigenvalue weighted by molar-refractivity contribution is 0.322. The van der Waals surface area contributed by atoms with Gasteiger partial charge in [0, 0.05) is 47.4 Å². The van der Waals surface area contributed by atoms with Crippen LogP contribution in [0.15, 0.2) is 41.2 Å². The fourth-order valence-corrected chi connectivity index (χ4v) is 5.38. The summed E-state index contributed by atoms with van der Waals surface area (Å²) >= 11 is 1.46. The number of benzene rings is 2. The van der Waals surface area contributed by atoms with Crippen molar-refractivity contribution in [3.05, 3.63) is 65.6 Å². The SMILES string of the molecule is CC(C)c1noc(C2CCN(c3ncnc4c(-c5ccc(CSCCO)c(F)c5)cc(F)cc34)CC2)n1. The summed E-state index contributed by atoms with van der Waals surface area (Å²) in [7, 11) is 0. The Balaban J connectivity index is 1.41. The van der Waals surface area contributed by atoms with E-state index in [1.165, 1.54) is 36.3 Å². The molecule has 0 radical (unpaired) electrons. The Morgan fingerprint density at radius 3 is 2.65 bits per heavy atom. The molecule has 0 saturated carbocycles. The minimum absolute atomic E-state index is 0.0510. The zero-order valence-electron chi connectivity index (χ0n) is 20.8. The number of halogens is 2. The second-order valence-corrected chi connectivity index (χ2v) is 10.6. The molecular formula is C27H29F2N5O2S. The molecule has 1 saturated heterocycles. The van der Waals surface area contributed by atoms with Gasteiger partial charge in [0.05, 0.1) is 12.1 Å². The van der Waals surface area contributed by atoms with E-state index < -0.39 is 5.82 Å². The number of piperidine rings is 1. The molecule has 10 heteroatoms.